The average molecular weight is 321 g/mol. The van der Waals surface area contributed by atoms with Crippen LogP contribution in [0.1, 0.15) is 18.9 Å². The zero-order valence-corrected chi connectivity index (χ0v) is 13.4. The first-order valence-corrected chi connectivity index (χ1v) is 8.63. The number of hydrogen-bond donors (Lipinski definition) is 1. The lowest BCUT2D eigenvalue weighted by molar-refractivity contribution is -0.118. The third-order valence-electron chi connectivity index (χ3n) is 3.22. The molecule has 0 unspecified atom stereocenters. The predicted octanol–water partition coefficient (Wildman–Crippen LogP) is 1.48. The van der Waals surface area contributed by atoms with E-state index < -0.39 is 9.84 Å². The average Bonchev–Trinajstić information content (AvgIpc) is 2.94. The van der Waals surface area contributed by atoms with Crippen molar-refractivity contribution in [2.75, 3.05) is 12.3 Å². The molecule has 0 saturated carbocycles. The Bertz CT molecular complexity index is 766. The second-order valence-corrected chi connectivity index (χ2v) is 7.02. The van der Waals surface area contributed by atoms with Crippen LogP contribution in [0.2, 0.25) is 0 Å². The summed E-state index contributed by atoms with van der Waals surface area (Å²) in [5, 5.41) is 2.62. The molecule has 0 aliphatic carbocycles. The van der Waals surface area contributed by atoms with Crippen LogP contribution < -0.4 is 5.32 Å². The van der Waals surface area contributed by atoms with Gasteiger partial charge in [-0.25, -0.2) is 13.4 Å². The molecule has 0 radical (unpaired) electrons. The van der Waals surface area contributed by atoms with Crippen molar-refractivity contribution in [1.82, 2.24) is 14.9 Å². The maximum Gasteiger partial charge on any atom is 0.232 e. The molecule has 1 aromatic carbocycles. The minimum absolute atomic E-state index is 0.0321. The van der Waals surface area contributed by atoms with Gasteiger partial charge in [-0.15, -0.1) is 0 Å². The summed E-state index contributed by atoms with van der Waals surface area (Å²) >= 11 is 0. The van der Waals surface area contributed by atoms with Crippen LogP contribution in [0.5, 0.6) is 0 Å². The van der Waals surface area contributed by atoms with Gasteiger partial charge >= 0.3 is 0 Å². The number of amides is 1. The number of benzene rings is 1. The Morgan fingerprint density at radius 2 is 2.05 bits per heavy atom. The number of carbonyl (C=O) groups excluding carboxylic acids is 1. The lowest BCUT2D eigenvalue weighted by atomic mass is 10.2. The Balaban J connectivity index is 2.21. The van der Waals surface area contributed by atoms with Gasteiger partial charge in [-0.2, -0.15) is 0 Å². The van der Waals surface area contributed by atoms with Crippen LogP contribution in [0.3, 0.4) is 0 Å². The highest BCUT2D eigenvalue weighted by Gasteiger charge is 2.21. The standard InChI is InChI=1S/C15H19N3O3S/c1-12-6-3-4-7-14(12)18-10-9-17-15(18)22(20,21)11-5-8-16-13(2)19/h3-4,6-7,9-10H,5,8,11H2,1-2H3,(H,16,19). The minimum atomic E-state index is -3.51. The number of hydrogen-bond acceptors (Lipinski definition) is 4. The smallest absolute Gasteiger partial charge is 0.232 e. The molecule has 0 saturated heterocycles. The number of aryl methyl sites for hydroxylation is 1. The van der Waals surface area contributed by atoms with Crippen LogP contribution in [-0.2, 0) is 14.6 Å². The molecule has 0 bridgehead atoms. The highest BCUT2D eigenvalue weighted by molar-refractivity contribution is 7.91. The Hall–Kier alpha value is -2.15. The van der Waals surface area contributed by atoms with E-state index in [0.717, 1.165) is 11.3 Å². The number of nitrogens with one attached hydrogen (secondary N) is 1. The number of rotatable bonds is 6. The van der Waals surface area contributed by atoms with Gasteiger partial charge in [0.25, 0.3) is 0 Å². The second kappa shape index (κ2) is 6.74. The fraction of sp³-hybridized carbons (Fsp3) is 0.333. The highest BCUT2D eigenvalue weighted by atomic mass is 32.2. The van der Waals surface area contributed by atoms with Crippen LogP contribution in [0.4, 0.5) is 0 Å². The molecule has 0 atom stereocenters. The summed E-state index contributed by atoms with van der Waals surface area (Å²) in [4.78, 5) is 14.8. The van der Waals surface area contributed by atoms with Crippen LogP contribution >= 0.6 is 0 Å². The van der Waals surface area contributed by atoms with Crippen LogP contribution in [0.15, 0.2) is 41.8 Å². The molecular formula is C15H19N3O3S. The highest BCUT2D eigenvalue weighted by Crippen LogP contribution is 2.19. The first kappa shape index (κ1) is 16.2. The number of imidazole rings is 1. The summed E-state index contributed by atoms with van der Waals surface area (Å²) in [6, 6.07) is 7.53. The number of sulfone groups is 1. The molecule has 0 aliphatic rings. The lowest BCUT2D eigenvalue weighted by Crippen LogP contribution is -2.23. The SMILES string of the molecule is CC(=O)NCCCS(=O)(=O)c1nccn1-c1ccccc1C. The number of para-hydroxylation sites is 1. The van der Waals surface area contributed by atoms with E-state index in [1.165, 1.54) is 13.1 Å². The molecule has 2 aromatic rings. The summed E-state index contributed by atoms with van der Waals surface area (Å²) in [6.45, 7) is 3.65. The van der Waals surface area contributed by atoms with Crippen molar-refractivity contribution in [2.45, 2.75) is 25.4 Å². The van der Waals surface area contributed by atoms with Crippen molar-refractivity contribution in [1.29, 1.82) is 0 Å². The number of nitrogens with zero attached hydrogens (tertiary/aromatic N) is 2. The van der Waals surface area contributed by atoms with Gasteiger partial charge in [0.15, 0.2) is 0 Å². The van der Waals surface area contributed by atoms with E-state index in [2.05, 4.69) is 10.3 Å². The molecule has 2 rings (SSSR count). The molecule has 22 heavy (non-hydrogen) atoms. The predicted molar refractivity (Wildman–Crippen MR) is 83.7 cm³/mol. The fourth-order valence-electron chi connectivity index (χ4n) is 2.15. The van der Waals surface area contributed by atoms with Gasteiger partial charge in [0.05, 0.1) is 11.4 Å². The molecule has 0 spiro atoms. The first-order chi connectivity index (χ1) is 10.4. The van der Waals surface area contributed by atoms with E-state index in [-0.39, 0.29) is 16.8 Å². The molecule has 0 fully saturated rings. The van der Waals surface area contributed by atoms with E-state index in [1.54, 1.807) is 10.8 Å². The Morgan fingerprint density at radius 1 is 1.32 bits per heavy atom. The maximum absolute atomic E-state index is 12.4. The van der Waals surface area contributed by atoms with Crippen molar-refractivity contribution in [3.05, 3.63) is 42.2 Å². The van der Waals surface area contributed by atoms with Gasteiger partial charge < -0.3 is 5.32 Å². The Labute approximate surface area is 130 Å². The molecule has 7 heteroatoms. The Morgan fingerprint density at radius 3 is 2.73 bits per heavy atom. The topological polar surface area (TPSA) is 81.1 Å². The van der Waals surface area contributed by atoms with E-state index in [9.17, 15) is 13.2 Å². The fourth-order valence-corrected chi connectivity index (χ4v) is 3.54. The van der Waals surface area contributed by atoms with E-state index >= 15 is 0 Å². The summed E-state index contributed by atoms with van der Waals surface area (Å²) in [5.74, 6) is -0.227. The summed E-state index contributed by atoms with van der Waals surface area (Å²) < 4.78 is 26.5. The maximum atomic E-state index is 12.4. The van der Waals surface area contributed by atoms with Gasteiger partial charge in [0, 0.05) is 25.9 Å². The molecule has 0 aliphatic heterocycles. The second-order valence-electron chi connectivity index (χ2n) is 5.02. The molecule has 6 nitrogen and oxygen atoms in total. The zero-order chi connectivity index (χ0) is 16.2. The normalized spacial score (nSPS) is 11.4. The monoisotopic (exact) mass is 321 g/mol. The molecular weight excluding hydrogens is 302 g/mol. The van der Waals surface area contributed by atoms with Gasteiger partial charge in [-0.3, -0.25) is 9.36 Å². The van der Waals surface area contributed by atoms with E-state index in [4.69, 9.17) is 0 Å². The summed E-state index contributed by atoms with van der Waals surface area (Å²) in [7, 11) is -3.51. The quantitative estimate of drug-likeness (QED) is 0.817. The van der Waals surface area contributed by atoms with Crippen LogP contribution in [0.25, 0.3) is 5.69 Å². The van der Waals surface area contributed by atoms with Crippen LogP contribution in [-0.4, -0.2) is 36.2 Å². The van der Waals surface area contributed by atoms with Crippen molar-refractivity contribution in [3.63, 3.8) is 0 Å². The first-order valence-electron chi connectivity index (χ1n) is 6.98. The summed E-state index contributed by atoms with van der Waals surface area (Å²) in [6.07, 6.45) is 3.47. The third kappa shape index (κ3) is 3.73. The minimum Gasteiger partial charge on any atom is -0.356 e. The number of aromatic nitrogens is 2. The van der Waals surface area contributed by atoms with Gasteiger partial charge in [-0.05, 0) is 25.0 Å². The molecule has 1 N–H and O–H groups in total. The zero-order valence-electron chi connectivity index (χ0n) is 12.6. The van der Waals surface area contributed by atoms with Gasteiger partial charge in [0.2, 0.25) is 20.9 Å². The summed E-state index contributed by atoms with van der Waals surface area (Å²) in [5.41, 5.74) is 1.76. The van der Waals surface area contributed by atoms with Crippen molar-refractivity contribution in [3.8, 4) is 5.69 Å². The van der Waals surface area contributed by atoms with Crippen molar-refractivity contribution >= 4 is 15.7 Å². The van der Waals surface area contributed by atoms with Crippen molar-refractivity contribution in [2.24, 2.45) is 0 Å². The largest absolute Gasteiger partial charge is 0.356 e. The molecule has 118 valence electrons. The Kier molecular flexibility index (Phi) is 4.97. The van der Waals surface area contributed by atoms with Gasteiger partial charge in [0.1, 0.15) is 0 Å². The van der Waals surface area contributed by atoms with Crippen molar-refractivity contribution < 1.29 is 13.2 Å². The number of carbonyl (C=O) groups is 1. The third-order valence-corrected chi connectivity index (χ3v) is 4.91. The lowest BCUT2D eigenvalue weighted by Gasteiger charge is -2.11. The van der Waals surface area contributed by atoms with E-state index in [1.807, 2.05) is 31.2 Å². The molecule has 1 amide bonds. The van der Waals surface area contributed by atoms with E-state index in [0.29, 0.717) is 13.0 Å². The molecule has 1 aromatic heterocycles. The van der Waals surface area contributed by atoms with Gasteiger partial charge in [-0.1, -0.05) is 18.2 Å². The molecule has 1 heterocycles. The van der Waals surface area contributed by atoms with Crippen LogP contribution in [0, 0.1) is 6.92 Å².